The van der Waals surface area contributed by atoms with Gasteiger partial charge in [0.05, 0.1) is 0 Å². The Morgan fingerprint density at radius 3 is 0.955 bits per heavy atom. The van der Waals surface area contributed by atoms with E-state index in [1.165, 1.54) is 51.4 Å². The highest BCUT2D eigenvalue weighted by molar-refractivity contribution is 5.47. The molecule has 0 saturated heterocycles. The van der Waals surface area contributed by atoms with Crippen molar-refractivity contribution in [1.29, 1.82) is 0 Å². The van der Waals surface area contributed by atoms with Gasteiger partial charge in [0.25, 0.3) is 0 Å². The molecule has 1 aromatic carbocycles. The monoisotopic (exact) mass is 310 g/mol. The summed E-state index contributed by atoms with van der Waals surface area (Å²) >= 11 is 0. The average Bonchev–Trinajstić information content (AvgIpc) is 2.53. The van der Waals surface area contributed by atoms with Crippen molar-refractivity contribution >= 4 is 11.4 Å². The van der Waals surface area contributed by atoms with Crippen LogP contribution in [0, 0.1) is 0 Å². The standard InChI is InChI=1S/C12H26O2.C6H8N2/c13-11-9-7-5-3-1-2-4-6-8-10-12-14;7-5-1-2-6(8)4-3-5/h13-14H,1-12H2;1-4H,7-8H2. The summed E-state index contributed by atoms with van der Waals surface area (Å²) in [6.45, 7) is 0.697. The maximum Gasteiger partial charge on any atom is 0.0431 e. The molecule has 0 heterocycles. The van der Waals surface area contributed by atoms with E-state index in [9.17, 15) is 0 Å². The van der Waals surface area contributed by atoms with Gasteiger partial charge in [-0.15, -0.1) is 0 Å². The van der Waals surface area contributed by atoms with Crippen LogP contribution in [0.4, 0.5) is 11.4 Å². The molecule has 128 valence electrons. The van der Waals surface area contributed by atoms with E-state index >= 15 is 0 Å². The SMILES string of the molecule is Nc1ccc(N)cc1.OCCCCCCCCCCCCO. The Labute approximate surface area is 135 Å². The van der Waals surface area contributed by atoms with Crippen molar-refractivity contribution in [3.63, 3.8) is 0 Å². The summed E-state index contributed by atoms with van der Waals surface area (Å²) in [5.74, 6) is 0. The highest BCUT2D eigenvalue weighted by atomic mass is 16.3. The number of nitrogen functional groups attached to an aromatic ring is 2. The van der Waals surface area contributed by atoms with Crippen LogP contribution in [0.5, 0.6) is 0 Å². The van der Waals surface area contributed by atoms with Crippen LogP contribution in [0.15, 0.2) is 24.3 Å². The van der Waals surface area contributed by atoms with Crippen LogP contribution in [0.25, 0.3) is 0 Å². The van der Waals surface area contributed by atoms with Gasteiger partial charge in [0.15, 0.2) is 0 Å². The Bertz CT molecular complexity index is 295. The highest BCUT2D eigenvalue weighted by Crippen LogP contribution is 2.10. The number of aliphatic hydroxyl groups excluding tert-OH is 2. The molecule has 6 N–H and O–H groups in total. The summed E-state index contributed by atoms with van der Waals surface area (Å²) < 4.78 is 0. The number of unbranched alkanes of at least 4 members (excludes halogenated alkanes) is 9. The predicted octanol–water partition coefficient (Wildman–Crippen LogP) is 3.72. The maximum absolute atomic E-state index is 8.57. The third-order valence-corrected chi connectivity index (χ3v) is 3.50. The van der Waals surface area contributed by atoms with Crippen molar-refractivity contribution in [1.82, 2.24) is 0 Å². The van der Waals surface area contributed by atoms with E-state index in [4.69, 9.17) is 21.7 Å². The summed E-state index contributed by atoms with van der Waals surface area (Å²) in [6, 6.07) is 7.09. The van der Waals surface area contributed by atoms with Crippen LogP contribution in [0.2, 0.25) is 0 Å². The Morgan fingerprint density at radius 1 is 0.500 bits per heavy atom. The van der Waals surface area contributed by atoms with Gasteiger partial charge in [-0.1, -0.05) is 51.4 Å². The second-order valence-electron chi connectivity index (χ2n) is 5.65. The minimum absolute atomic E-state index is 0.348. The summed E-state index contributed by atoms with van der Waals surface area (Å²) in [7, 11) is 0. The molecule has 4 heteroatoms. The normalized spacial score (nSPS) is 10.1. The molecule has 4 nitrogen and oxygen atoms in total. The molecule has 0 bridgehead atoms. The van der Waals surface area contributed by atoms with Gasteiger partial charge in [0.1, 0.15) is 0 Å². The first-order chi connectivity index (χ1) is 10.7. The first-order valence-electron chi connectivity index (χ1n) is 8.53. The molecule has 0 aliphatic rings. The van der Waals surface area contributed by atoms with Crippen molar-refractivity contribution in [3.8, 4) is 0 Å². The van der Waals surface area contributed by atoms with Gasteiger partial charge in [0.2, 0.25) is 0 Å². The number of nitrogens with two attached hydrogens (primary N) is 2. The van der Waals surface area contributed by atoms with Crippen molar-refractivity contribution in [2.45, 2.75) is 64.2 Å². The first kappa shape index (κ1) is 20.7. The van der Waals surface area contributed by atoms with Crippen molar-refractivity contribution in [3.05, 3.63) is 24.3 Å². The fraction of sp³-hybridized carbons (Fsp3) is 0.667. The molecular weight excluding hydrogens is 276 g/mol. The van der Waals surface area contributed by atoms with Gasteiger partial charge in [-0.25, -0.2) is 0 Å². The number of rotatable bonds is 11. The van der Waals surface area contributed by atoms with E-state index < -0.39 is 0 Å². The molecule has 0 saturated carbocycles. The molecule has 0 aliphatic heterocycles. The molecule has 1 rings (SSSR count). The molecule has 22 heavy (non-hydrogen) atoms. The molecule has 0 radical (unpaired) electrons. The van der Waals surface area contributed by atoms with Gasteiger partial charge in [-0.05, 0) is 37.1 Å². The molecule has 0 atom stereocenters. The second-order valence-corrected chi connectivity index (χ2v) is 5.65. The zero-order valence-electron chi connectivity index (χ0n) is 13.8. The number of hydrogen-bond donors (Lipinski definition) is 4. The van der Waals surface area contributed by atoms with Crippen molar-refractivity contribution in [2.75, 3.05) is 24.7 Å². The van der Waals surface area contributed by atoms with Gasteiger partial charge in [-0.3, -0.25) is 0 Å². The van der Waals surface area contributed by atoms with Crippen LogP contribution >= 0.6 is 0 Å². The average molecular weight is 310 g/mol. The number of anilines is 2. The van der Waals surface area contributed by atoms with Crippen LogP contribution in [-0.2, 0) is 0 Å². The summed E-state index contributed by atoms with van der Waals surface area (Å²) in [5, 5.41) is 17.1. The Balaban J connectivity index is 0.000000461. The molecule has 0 fully saturated rings. The number of aliphatic hydroxyl groups is 2. The number of benzene rings is 1. The zero-order chi connectivity index (χ0) is 16.5. The van der Waals surface area contributed by atoms with E-state index in [-0.39, 0.29) is 0 Å². The second kappa shape index (κ2) is 16.1. The lowest BCUT2D eigenvalue weighted by atomic mass is 10.1. The maximum atomic E-state index is 8.57. The molecular formula is C18H34N2O2. The molecule has 0 spiro atoms. The van der Waals surface area contributed by atoms with Crippen molar-refractivity contribution < 1.29 is 10.2 Å². The Hall–Kier alpha value is -1.26. The van der Waals surface area contributed by atoms with Gasteiger partial charge in [0, 0.05) is 24.6 Å². The van der Waals surface area contributed by atoms with E-state index in [1.807, 2.05) is 0 Å². The lowest BCUT2D eigenvalue weighted by Gasteiger charge is -2.01. The fourth-order valence-electron chi connectivity index (χ4n) is 2.13. The van der Waals surface area contributed by atoms with E-state index in [0.717, 1.165) is 24.2 Å². The lowest BCUT2D eigenvalue weighted by Crippen LogP contribution is -1.86. The summed E-state index contributed by atoms with van der Waals surface area (Å²) in [4.78, 5) is 0. The van der Waals surface area contributed by atoms with Crippen molar-refractivity contribution in [2.24, 2.45) is 0 Å². The third-order valence-electron chi connectivity index (χ3n) is 3.50. The highest BCUT2D eigenvalue weighted by Gasteiger charge is 1.92. The van der Waals surface area contributed by atoms with E-state index in [2.05, 4.69) is 0 Å². The smallest absolute Gasteiger partial charge is 0.0431 e. The Morgan fingerprint density at radius 2 is 0.727 bits per heavy atom. The van der Waals surface area contributed by atoms with Crippen LogP contribution < -0.4 is 11.5 Å². The van der Waals surface area contributed by atoms with Crippen LogP contribution in [-0.4, -0.2) is 23.4 Å². The van der Waals surface area contributed by atoms with E-state index in [1.54, 1.807) is 24.3 Å². The molecule has 1 aromatic rings. The predicted molar refractivity (Wildman–Crippen MR) is 95.6 cm³/mol. The zero-order valence-corrected chi connectivity index (χ0v) is 13.8. The van der Waals surface area contributed by atoms with E-state index in [0.29, 0.717) is 13.2 Å². The first-order valence-corrected chi connectivity index (χ1v) is 8.53. The summed E-state index contributed by atoms with van der Waals surface area (Å²) in [5.41, 5.74) is 12.2. The van der Waals surface area contributed by atoms with Gasteiger partial charge >= 0.3 is 0 Å². The number of hydrogen-bond acceptors (Lipinski definition) is 4. The minimum Gasteiger partial charge on any atom is -0.399 e. The molecule has 0 aromatic heterocycles. The molecule has 0 amide bonds. The quantitative estimate of drug-likeness (QED) is 0.370. The van der Waals surface area contributed by atoms with Crippen LogP contribution in [0.3, 0.4) is 0 Å². The Kier molecular flexibility index (Phi) is 15.2. The van der Waals surface area contributed by atoms with Crippen LogP contribution in [0.1, 0.15) is 64.2 Å². The fourth-order valence-corrected chi connectivity index (χ4v) is 2.13. The van der Waals surface area contributed by atoms with Gasteiger partial charge in [-0.2, -0.15) is 0 Å². The van der Waals surface area contributed by atoms with Gasteiger partial charge < -0.3 is 21.7 Å². The largest absolute Gasteiger partial charge is 0.399 e. The third kappa shape index (κ3) is 15.1. The minimum atomic E-state index is 0.348. The molecule has 0 unspecified atom stereocenters. The lowest BCUT2D eigenvalue weighted by molar-refractivity contribution is 0.281. The summed E-state index contributed by atoms with van der Waals surface area (Å²) in [6.07, 6.45) is 12.2. The topological polar surface area (TPSA) is 92.5 Å². The molecule has 0 aliphatic carbocycles.